The number of carbonyl (C=O) groups excluding carboxylic acids is 1. The highest BCUT2D eigenvalue weighted by Crippen LogP contribution is 2.17. The standard InChI is InChI=1S/C10H13NO3S/c1-14-11-10(13)9-8(5-7-15-9)4-2-3-6-12/h2-3,5,7,12H,4,6H2,1H3,(H,11,13)/b3-2+. The molecule has 82 valence electrons. The first-order valence-corrected chi connectivity index (χ1v) is 5.33. The Bertz CT molecular complexity index is 346. The van der Waals surface area contributed by atoms with Gasteiger partial charge in [-0.2, -0.15) is 0 Å². The van der Waals surface area contributed by atoms with E-state index in [-0.39, 0.29) is 12.5 Å². The third kappa shape index (κ3) is 3.47. The predicted octanol–water partition coefficient (Wildman–Crippen LogP) is 1.13. The second kappa shape index (κ2) is 6.34. The molecule has 0 saturated carbocycles. The molecule has 5 heteroatoms. The quantitative estimate of drug-likeness (QED) is 0.585. The van der Waals surface area contributed by atoms with Crippen molar-refractivity contribution in [2.75, 3.05) is 13.7 Å². The molecule has 0 spiro atoms. The minimum Gasteiger partial charge on any atom is -0.392 e. The van der Waals surface area contributed by atoms with Gasteiger partial charge in [0.15, 0.2) is 0 Å². The topological polar surface area (TPSA) is 58.6 Å². The lowest BCUT2D eigenvalue weighted by Gasteiger charge is -2.01. The molecule has 1 rings (SSSR count). The van der Waals surface area contributed by atoms with Gasteiger partial charge >= 0.3 is 0 Å². The summed E-state index contributed by atoms with van der Waals surface area (Å²) in [5.74, 6) is -0.236. The summed E-state index contributed by atoms with van der Waals surface area (Å²) in [5, 5.41) is 10.4. The van der Waals surface area contributed by atoms with Gasteiger partial charge in [0, 0.05) is 0 Å². The number of hydrogen-bond donors (Lipinski definition) is 2. The van der Waals surface area contributed by atoms with Gasteiger partial charge in [0.1, 0.15) is 0 Å². The Kier molecular flexibility index (Phi) is 5.03. The molecule has 0 bridgehead atoms. The summed E-state index contributed by atoms with van der Waals surface area (Å²) in [6, 6.07) is 1.89. The second-order valence-electron chi connectivity index (χ2n) is 2.77. The summed E-state index contributed by atoms with van der Waals surface area (Å²) in [6.07, 6.45) is 4.11. The molecule has 0 radical (unpaired) electrons. The van der Waals surface area contributed by atoms with Crippen LogP contribution in [0.2, 0.25) is 0 Å². The molecular weight excluding hydrogens is 214 g/mol. The number of aliphatic hydroxyl groups excluding tert-OH is 1. The zero-order valence-electron chi connectivity index (χ0n) is 8.40. The highest BCUT2D eigenvalue weighted by atomic mass is 32.1. The van der Waals surface area contributed by atoms with Gasteiger partial charge in [-0.25, -0.2) is 5.48 Å². The van der Waals surface area contributed by atoms with Crippen molar-refractivity contribution in [2.24, 2.45) is 0 Å². The number of aliphatic hydroxyl groups is 1. The Balaban J connectivity index is 2.68. The van der Waals surface area contributed by atoms with Crippen LogP contribution < -0.4 is 5.48 Å². The number of rotatable bonds is 5. The van der Waals surface area contributed by atoms with Crippen LogP contribution in [0.4, 0.5) is 0 Å². The number of hydrogen-bond acceptors (Lipinski definition) is 4. The Labute approximate surface area is 92.1 Å². The first-order chi connectivity index (χ1) is 7.29. The molecule has 0 aliphatic rings. The van der Waals surface area contributed by atoms with E-state index >= 15 is 0 Å². The van der Waals surface area contributed by atoms with E-state index in [1.54, 1.807) is 6.08 Å². The summed E-state index contributed by atoms with van der Waals surface area (Å²) in [6.45, 7) is 0.0176. The molecule has 1 heterocycles. The minimum absolute atomic E-state index is 0.0176. The van der Waals surface area contributed by atoms with Crippen molar-refractivity contribution in [3.05, 3.63) is 34.0 Å². The first kappa shape index (κ1) is 11.9. The number of carbonyl (C=O) groups is 1. The number of amides is 1. The Morgan fingerprint density at radius 2 is 2.47 bits per heavy atom. The molecular formula is C10H13NO3S. The highest BCUT2D eigenvalue weighted by molar-refractivity contribution is 7.12. The normalized spacial score (nSPS) is 10.8. The van der Waals surface area contributed by atoms with E-state index in [9.17, 15) is 4.79 Å². The zero-order valence-corrected chi connectivity index (χ0v) is 9.21. The molecule has 0 aliphatic carbocycles. The first-order valence-electron chi connectivity index (χ1n) is 4.45. The van der Waals surface area contributed by atoms with Crippen molar-refractivity contribution in [1.29, 1.82) is 0 Å². The number of nitrogens with one attached hydrogen (secondary N) is 1. The third-order valence-corrected chi connectivity index (χ3v) is 2.71. The lowest BCUT2D eigenvalue weighted by Crippen LogP contribution is -2.21. The molecule has 1 aromatic heterocycles. The van der Waals surface area contributed by atoms with Gasteiger partial charge in [-0.3, -0.25) is 9.63 Å². The number of thiophene rings is 1. The van der Waals surface area contributed by atoms with E-state index in [1.165, 1.54) is 18.4 Å². The molecule has 1 amide bonds. The van der Waals surface area contributed by atoms with Crippen molar-refractivity contribution in [3.8, 4) is 0 Å². The fourth-order valence-electron chi connectivity index (χ4n) is 1.12. The minimum atomic E-state index is -0.236. The molecule has 2 N–H and O–H groups in total. The third-order valence-electron chi connectivity index (χ3n) is 1.76. The fourth-order valence-corrected chi connectivity index (χ4v) is 1.94. The van der Waals surface area contributed by atoms with Crippen LogP contribution >= 0.6 is 11.3 Å². The molecule has 0 fully saturated rings. The maximum atomic E-state index is 11.5. The lowest BCUT2D eigenvalue weighted by molar-refractivity contribution is 0.0541. The Morgan fingerprint density at radius 3 is 3.13 bits per heavy atom. The van der Waals surface area contributed by atoms with Crippen LogP contribution in [0.15, 0.2) is 23.6 Å². The van der Waals surface area contributed by atoms with Gasteiger partial charge in [0.05, 0.1) is 18.6 Å². The largest absolute Gasteiger partial charge is 0.392 e. The van der Waals surface area contributed by atoms with Gasteiger partial charge in [0.2, 0.25) is 0 Å². The summed E-state index contributed by atoms with van der Waals surface area (Å²) >= 11 is 1.37. The molecule has 0 saturated heterocycles. The average Bonchev–Trinajstić information content (AvgIpc) is 2.67. The van der Waals surface area contributed by atoms with Gasteiger partial charge < -0.3 is 5.11 Å². The summed E-state index contributed by atoms with van der Waals surface area (Å²) in [5.41, 5.74) is 3.21. The SMILES string of the molecule is CONC(=O)c1sccc1C/C=C/CO. The van der Waals surface area contributed by atoms with Crippen LogP contribution in [0.5, 0.6) is 0 Å². The lowest BCUT2D eigenvalue weighted by atomic mass is 10.2. The predicted molar refractivity (Wildman–Crippen MR) is 58.7 cm³/mol. The zero-order chi connectivity index (χ0) is 11.1. The van der Waals surface area contributed by atoms with Crippen molar-refractivity contribution in [3.63, 3.8) is 0 Å². The molecule has 0 unspecified atom stereocenters. The van der Waals surface area contributed by atoms with Crippen LogP contribution in [0, 0.1) is 0 Å². The average molecular weight is 227 g/mol. The second-order valence-corrected chi connectivity index (χ2v) is 3.68. The van der Waals surface area contributed by atoms with Gasteiger partial charge in [-0.1, -0.05) is 12.2 Å². The van der Waals surface area contributed by atoms with E-state index in [1.807, 2.05) is 17.5 Å². The maximum Gasteiger partial charge on any atom is 0.285 e. The molecule has 0 atom stereocenters. The van der Waals surface area contributed by atoms with Gasteiger partial charge in [-0.15, -0.1) is 11.3 Å². The van der Waals surface area contributed by atoms with E-state index in [0.29, 0.717) is 11.3 Å². The van der Waals surface area contributed by atoms with Gasteiger partial charge in [-0.05, 0) is 23.4 Å². The van der Waals surface area contributed by atoms with Crippen LogP contribution in [-0.4, -0.2) is 24.7 Å². The van der Waals surface area contributed by atoms with E-state index in [0.717, 1.165) is 5.56 Å². The molecule has 1 aromatic rings. The highest BCUT2D eigenvalue weighted by Gasteiger charge is 2.11. The fraction of sp³-hybridized carbons (Fsp3) is 0.300. The van der Waals surface area contributed by atoms with E-state index in [4.69, 9.17) is 5.11 Å². The Hall–Kier alpha value is -1.17. The Morgan fingerprint density at radius 1 is 1.67 bits per heavy atom. The smallest absolute Gasteiger partial charge is 0.285 e. The van der Waals surface area contributed by atoms with Crippen LogP contribution in [0.25, 0.3) is 0 Å². The summed E-state index contributed by atoms with van der Waals surface area (Å²) < 4.78 is 0. The monoisotopic (exact) mass is 227 g/mol. The van der Waals surface area contributed by atoms with Crippen LogP contribution in [0.3, 0.4) is 0 Å². The van der Waals surface area contributed by atoms with Crippen molar-refractivity contribution in [2.45, 2.75) is 6.42 Å². The van der Waals surface area contributed by atoms with Crippen molar-refractivity contribution < 1.29 is 14.7 Å². The van der Waals surface area contributed by atoms with Crippen LogP contribution in [0.1, 0.15) is 15.2 Å². The van der Waals surface area contributed by atoms with Crippen molar-refractivity contribution in [1.82, 2.24) is 5.48 Å². The van der Waals surface area contributed by atoms with E-state index < -0.39 is 0 Å². The van der Waals surface area contributed by atoms with Crippen molar-refractivity contribution >= 4 is 17.2 Å². The number of allylic oxidation sites excluding steroid dienone is 1. The maximum absolute atomic E-state index is 11.5. The van der Waals surface area contributed by atoms with Gasteiger partial charge in [0.25, 0.3) is 5.91 Å². The molecule has 0 aromatic carbocycles. The summed E-state index contributed by atoms with van der Waals surface area (Å²) in [4.78, 5) is 16.7. The van der Waals surface area contributed by atoms with Crippen LogP contribution in [-0.2, 0) is 11.3 Å². The molecule has 0 aliphatic heterocycles. The summed E-state index contributed by atoms with van der Waals surface area (Å²) in [7, 11) is 1.40. The molecule has 15 heavy (non-hydrogen) atoms. The molecule has 4 nitrogen and oxygen atoms in total. The number of hydroxylamine groups is 1. The van der Waals surface area contributed by atoms with E-state index in [2.05, 4.69) is 10.3 Å².